The van der Waals surface area contributed by atoms with E-state index >= 15 is 0 Å². The molecular formula is C19H25N3O3. The molecule has 1 fully saturated rings. The molecule has 0 radical (unpaired) electrons. The maximum absolute atomic E-state index is 12.3. The number of carbonyl (C=O) groups is 1. The summed E-state index contributed by atoms with van der Waals surface area (Å²) >= 11 is 0. The van der Waals surface area contributed by atoms with E-state index in [1.807, 2.05) is 12.1 Å². The summed E-state index contributed by atoms with van der Waals surface area (Å²) in [6.07, 6.45) is 1.37. The Morgan fingerprint density at radius 1 is 1.24 bits per heavy atom. The molecule has 6 nitrogen and oxygen atoms in total. The molecule has 25 heavy (non-hydrogen) atoms. The van der Waals surface area contributed by atoms with Crippen LogP contribution in [0.15, 0.2) is 28.7 Å². The first-order valence-corrected chi connectivity index (χ1v) is 8.64. The number of carbonyl (C=O) groups excluding carboxylic acids is 1. The van der Waals surface area contributed by atoms with Gasteiger partial charge in [-0.05, 0) is 36.0 Å². The van der Waals surface area contributed by atoms with Gasteiger partial charge < -0.3 is 14.1 Å². The fourth-order valence-electron chi connectivity index (χ4n) is 2.85. The highest BCUT2D eigenvalue weighted by atomic mass is 16.5. The van der Waals surface area contributed by atoms with Crippen LogP contribution in [-0.2, 0) is 21.5 Å². The fraction of sp³-hybridized carbons (Fsp3) is 0.526. The summed E-state index contributed by atoms with van der Waals surface area (Å²) in [5.41, 5.74) is 2.22. The van der Waals surface area contributed by atoms with Crippen molar-refractivity contribution in [2.24, 2.45) is 0 Å². The van der Waals surface area contributed by atoms with E-state index in [0.717, 1.165) is 18.4 Å². The lowest BCUT2D eigenvalue weighted by molar-refractivity contribution is -0.140. The van der Waals surface area contributed by atoms with E-state index in [1.54, 1.807) is 11.9 Å². The summed E-state index contributed by atoms with van der Waals surface area (Å²) < 4.78 is 11.2. The third-order valence-electron chi connectivity index (χ3n) is 4.42. The van der Waals surface area contributed by atoms with Crippen molar-refractivity contribution in [3.8, 4) is 11.5 Å². The normalized spacial score (nSPS) is 17.7. The van der Waals surface area contributed by atoms with Crippen LogP contribution in [0.25, 0.3) is 11.5 Å². The van der Waals surface area contributed by atoms with E-state index < -0.39 is 0 Å². The average molecular weight is 343 g/mol. The molecule has 134 valence electrons. The molecule has 1 aliphatic rings. The molecule has 1 saturated heterocycles. The van der Waals surface area contributed by atoms with E-state index in [9.17, 15) is 4.79 Å². The van der Waals surface area contributed by atoms with Crippen LogP contribution in [0.2, 0.25) is 0 Å². The second kappa shape index (κ2) is 6.96. The molecule has 0 N–H and O–H groups in total. The Bertz CT molecular complexity index is 725. The molecule has 0 saturated carbocycles. The van der Waals surface area contributed by atoms with Gasteiger partial charge in [-0.3, -0.25) is 4.79 Å². The molecule has 1 unspecified atom stereocenters. The number of hydrogen-bond acceptors (Lipinski definition) is 5. The zero-order valence-electron chi connectivity index (χ0n) is 15.3. The van der Waals surface area contributed by atoms with Gasteiger partial charge in [0.2, 0.25) is 11.8 Å². The van der Waals surface area contributed by atoms with Crippen LogP contribution >= 0.6 is 0 Å². The number of hydrogen-bond donors (Lipinski definition) is 0. The summed E-state index contributed by atoms with van der Waals surface area (Å²) in [6.45, 7) is 7.46. The van der Waals surface area contributed by atoms with Crippen LogP contribution in [-0.4, -0.2) is 40.8 Å². The van der Waals surface area contributed by atoms with Crippen molar-refractivity contribution in [1.82, 2.24) is 15.1 Å². The van der Waals surface area contributed by atoms with E-state index in [4.69, 9.17) is 9.15 Å². The highest BCUT2D eigenvalue weighted by Crippen LogP contribution is 2.25. The number of benzene rings is 1. The summed E-state index contributed by atoms with van der Waals surface area (Å²) in [5.74, 6) is 0.851. The van der Waals surface area contributed by atoms with Crippen LogP contribution in [0.5, 0.6) is 0 Å². The van der Waals surface area contributed by atoms with Gasteiger partial charge in [0, 0.05) is 19.2 Å². The molecule has 6 heteroatoms. The van der Waals surface area contributed by atoms with Crippen LogP contribution in [0.3, 0.4) is 0 Å². The molecule has 1 aliphatic heterocycles. The first kappa shape index (κ1) is 17.6. The Morgan fingerprint density at radius 3 is 2.56 bits per heavy atom. The number of likely N-dealkylation sites (N-methyl/N-ethyl adjacent to an activating group) is 1. The van der Waals surface area contributed by atoms with Gasteiger partial charge in [0.15, 0.2) is 0 Å². The monoisotopic (exact) mass is 343 g/mol. The topological polar surface area (TPSA) is 68.5 Å². The van der Waals surface area contributed by atoms with E-state index in [2.05, 4.69) is 43.1 Å². The number of nitrogens with zero attached hydrogens (tertiary/aromatic N) is 3. The van der Waals surface area contributed by atoms with Gasteiger partial charge in [0.05, 0.1) is 6.54 Å². The van der Waals surface area contributed by atoms with Crippen molar-refractivity contribution in [1.29, 1.82) is 0 Å². The molecule has 3 rings (SSSR count). The van der Waals surface area contributed by atoms with E-state index in [1.165, 1.54) is 5.56 Å². The minimum atomic E-state index is -0.336. The zero-order valence-corrected chi connectivity index (χ0v) is 15.3. The average Bonchev–Trinajstić information content (AvgIpc) is 3.25. The number of amides is 1. The molecule has 1 atom stereocenters. The summed E-state index contributed by atoms with van der Waals surface area (Å²) in [6, 6.07) is 8.12. The smallest absolute Gasteiger partial charge is 0.251 e. The molecule has 1 amide bonds. The minimum absolute atomic E-state index is 0.0354. The van der Waals surface area contributed by atoms with Crippen LogP contribution in [0.4, 0.5) is 0 Å². The van der Waals surface area contributed by atoms with Gasteiger partial charge in [0.1, 0.15) is 6.10 Å². The highest BCUT2D eigenvalue weighted by molar-refractivity contribution is 5.80. The third kappa shape index (κ3) is 4.07. The van der Waals surface area contributed by atoms with Gasteiger partial charge in [-0.2, -0.15) is 0 Å². The van der Waals surface area contributed by atoms with Crippen molar-refractivity contribution in [2.75, 3.05) is 13.7 Å². The molecule has 2 heterocycles. The van der Waals surface area contributed by atoms with Gasteiger partial charge >= 0.3 is 0 Å². The Morgan fingerprint density at radius 2 is 1.96 bits per heavy atom. The van der Waals surface area contributed by atoms with Crippen molar-refractivity contribution >= 4 is 5.91 Å². The predicted octanol–water partition coefficient (Wildman–Crippen LogP) is 3.17. The fourth-order valence-corrected chi connectivity index (χ4v) is 2.85. The lowest BCUT2D eigenvalue weighted by Crippen LogP contribution is -2.35. The van der Waals surface area contributed by atoms with E-state index in [0.29, 0.717) is 18.4 Å². The summed E-state index contributed by atoms with van der Waals surface area (Å²) in [4.78, 5) is 13.8. The van der Waals surface area contributed by atoms with Crippen LogP contribution in [0, 0.1) is 0 Å². The van der Waals surface area contributed by atoms with Crippen molar-refractivity contribution in [3.63, 3.8) is 0 Å². The van der Waals surface area contributed by atoms with Crippen LogP contribution < -0.4 is 0 Å². The van der Waals surface area contributed by atoms with Crippen LogP contribution in [0.1, 0.15) is 45.1 Å². The first-order valence-electron chi connectivity index (χ1n) is 8.64. The van der Waals surface area contributed by atoms with Gasteiger partial charge in [0.25, 0.3) is 5.91 Å². The second-order valence-corrected chi connectivity index (χ2v) is 7.52. The molecule has 0 spiro atoms. The Hall–Kier alpha value is -2.21. The van der Waals surface area contributed by atoms with Gasteiger partial charge in [-0.1, -0.05) is 32.9 Å². The molecule has 0 aliphatic carbocycles. The molecule has 0 bridgehead atoms. The van der Waals surface area contributed by atoms with Crippen molar-refractivity contribution < 1.29 is 13.9 Å². The standard InChI is InChI=1S/C19H25N3O3/c1-19(2,3)14-9-7-13(8-10-14)17-21-20-16(25-17)12-22(4)18(23)15-6-5-11-24-15/h7-10,15H,5-6,11-12H2,1-4H3. The highest BCUT2D eigenvalue weighted by Gasteiger charge is 2.27. The summed E-state index contributed by atoms with van der Waals surface area (Å²) in [7, 11) is 1.73. The molecule has 2 aromatic rings. The first-order chi connectivity index (χ1) is 11.8. The van der Waals surface area contributed by atoms with Gasteiger partial charge in [-0.25, -0.2) is 0 Å². The number of rotatable bonds is 4. The second-order valence-electron chi connectivity index (χ2n) is 7.52. The van der Waals surface area contributed by atoms with Crippen molar-refractivity contribution in [3.05, 3.63) is 35.7 Å². The predicted molar refractivity (Wildman–Crippen MR) is 93.9 cm³/mol. The maximum Gasteiger partial charge on any atom is 0.251 e. The SMILES string of the molecule is CN(Cc1nnc(-c2ccc(C(C)(C)C)cc2)o1)C(=O)C1CCCO1. The van der Waals surface area contributed by atoms with E-state index in [-0.39, 0.29) is 24.0 Å². The Kier molecular flexibility index (Phi) is 4.90. The van der Waals surface area contributed by atoms with Gasteiger partial charge in [-0.15, -0.1) is 10.2 Å². The lowest BCUT2D eigenvalue weighted by Gasteiger charge is -2.19. The third-order valence-corrected chi connectivity index (χ3v) is 4.42. The molecular weight excluding hydrogens is 318 g/mol. The largest absolute Gasteiger partial charge is 0.419 e. The maximum atomic E-state index is 12.3. The number of ether oxygens (including phenoxy) is 1. The summed E-state index contributed by atoms with van der Waals surface area (Å²) in [5, 5.41) is 8.16. The molecule has 1 aromatic heterocycles. The molecule has 1 aromatic carbocycles. The Labute approximate surface area is 148 Å². The lowest BCUT2D eigenvalue weighted by atomic mass is 9.87. The minimum Gasteiger partial charge on any atom is -0.419 e. The zero-order chi connectivity index (χ0) is 18.0. The van der Waals surface area contributed by atoms with Crippen molar-refractivity contribution in [2.45, 2.75) is 51.7 Å². The quantitative estimate of drug-likeness (QED) is 0.853. The number of aromatic nitrogens is 2. The Balaban J connectivity index is 1.66.